The van der Waals surface area contributed by atoms with Crippen LogP contribution in [-0.4, -0.2) is 26.6 Å². The summed E-state index contributed by atoms with van der Waals surface area (Å²) in [5, 5.41) is 22.7. The van der Waals surface area contributed by atoms with Crippen molar-refractivity contribution in [2.24, 2.45) is 0 Å². The van der Waals surface area contributed by atoms with Crippen LogP contribution in [0.15, 0.2) is 12.1 Å². The minimum absolute atomic E-state index is 0.0575. The Morgan fingerprint density at radius 2 is 2.05 bits per heavy atom. The molecule has 20 heavy (non-hydrogen) atoms. The molecular formula is C11H10Cl2N2O5. The Morgan fingerprint density at radius 3 is 2.50 bits per heavy atom. The molecular weight excluding hydrogens is 311 g/mol. The third-order valence-electron chi connectivity index (χ3n) is 2.42. The largest absolute Gasteiger partial charge is 0.501 e. The molecule has 1 amide bonds. The summed E-state index contributed by atoms with van der Waals surface area (Å²) in [5.41, 5.74) is -1.08. The molecule has 0 aliphatic heterocycles. The number of Topliss-reactive ketones (excluding diaryl/α,β-unsaturated/α-hetero) is 1. The van der Waals surface area contributed by atoms with Crippen molar-refractivity contribution in [3.63, 3.8) is 0 Å². The third-order valence-corrected chi connectivity index (χ3v) is 2.82. The first-order valence-corrected chi connectivity index (χ1v) is 6.29. The zero-order valence-electron chi connectivity index (χ0n) is 10.2. The molecule has 2 N–H and O–H groups in total. The topological polar surface area (TPSA) is 110 Å². The quantitative estimate of drug-likeness (QED) is 0.285. The molecule has 0 atom stereocenters. The van der Waals surface area contributed by atoms with Gasteiger partial charge in [0.2, 0.25) is 5.75 Å². The number of alkyl halides is 2. The molecule has 0 saturated heterocycles. The smallest absolute Gasteiger partial charge is 0.312 e. The van der Waals surface area contributed by atoms with Gasteiger partial charge in [-0.25, -0.2) is 0 Å². The number of amides is 1. The Morgan fingerprint density at radius 1 is 1.45 bits per heavy atom. The molecule has 108 valence electrons. The van der Waals surface area contributed by atoms with Crippen LogP contribution in [0.25, 0.3) is 0 Å². The average molecular weight is 321 g/mol. The van der Waals surface area contributed by atoms with Crippen LogP contribution in [0.4, 0.5) is 11.4 Å². The van der Waals surface area contributed by atoms with Crippen LogP contribution in [0, 0.1) is 10.1 Å². The lowest BCUT2D eigenvalue weighted by Crippen LogP contribution is -2.20. The Hall–Kier alpha value is -1.86. The van der Waals surface area contributed by atoms with Crippen molar-refractivity contribution in [3.05, 3.63) is 27.8 Å². The second-order valence-corrected chi connectivity index (χ2v) is 4.78. The van der Waals surface area contributed by atoms with E-state index in [9.17, 15) is 24.8 Å². The zero-order chi connectivity index (χ0) is 15.4. The number of hydrogen-bond donors (Lipinski definition) is 2. The number of aromatic hydroxyl groups is 1. The van der Waals surface area contributed by atoms with E-state index in [-0.39, 0.29) is 17.7 Å². The summed E-state index contributed by atoms with van der Waals surface area (Å²) in [6, 6.07) is 2.13. The monoisotopic (exact) mass is 320 g/mol. The van der Waals surface area contributed by atoms with Gasteiger partial charge in [0.15, 0.2) is 10.6 Å². The molecule has 0 aromatic heterocycles. The van der Waals surface area contributed by atoms with E-state index < -0.39 is 32.9 Å². The van der Waals surface area contributed by atoms with Crippen molar-refractivity contribution in [1.29, 1.82) is 0 Å². The highest BCUT2D eigenvalue weighted by Gasteiger charge is 2.25. The number of nitrogens with one attached hydrogen (secondary N) is 1. The first kappa shape index (κ1) is 16.2. The Labute approximate surface area is 123 Å². The first-order chi connectivity index (χ1) is 9.29. The molecule has 0 unspecified atom stereocenters. The minimum atomic E-state index is -1.45. The fourth-order valence-corrected chi connectivity index (χ4v) is 1.56. The molecule has 1 rings (SSSR count). The molecule has 0 spiro atoms. The third kappa shape index (κ3) is 3.37. The number of nitro benzene ring substituents is 1. The van der Waals surface area contributed by atoms with Crippen LogP contribution in [0.3, 0.4) is 0 Å². The Bertz CT molecular complexity index is 574. The number of ketones is 1. The van der Waals surface area contributed by atoms with Gasteiger partial charge in [-0.1, -0.05) is 30.1 Å². The van der Waals surface area contributed by atoms with Gasteiger partial charge in [-0.05, 0) is 6.07 Å². The molecule has 9 heteroatoms. The van der Waals surface area contributed by atoms with E-state index in [4.69, 9.17) is 23.2 Å². The summed E-state index contributed by atoms with van der Waals surface area (Å²) in [4.78, 5) is 31.6. The van der Waals surface area contributed by atoms with Crippen LogP contribution < -0.4 is 5.32 Å². The number of nitrogens with zero attached hydrogens (tertiary/aromatic N) is 1. The number of phenolic OH excluding ortho intramolecular Hbond substituents is 1. The molecule has 0 saturated carbocycles. The summed E-state index contributed by atoms with van der Waals surface area (Å²) in [7, 11) is 0. The second kappa shape index (κ2) is 6.53. The maximum absolute atomic E-state index is 11.7. The van der Waals surface area contributed by atoms with Crippen LogP contribution in [-0.2, 0) is 4.79 Å². The number of carbonyl (C=O) groups is 2. The molecule has 0 bridgehead atoms. The lowest BCUT2D eigenvalue weighted by molar-refractivity contribution is -0.385. The van der Waals surface area contributed by atoms with E-state index in [2.05, 4.69) is 5.32 Å². The molecule has 0 aliphatic carbocycles. The number of carbonyl (C=O) groups excluding carboxylic acids is 2. The number of rotatable bonds is 5. The van der Waals surface area contributed by atoms with E-state index in [0.29, 0.717) is 0 Å². The predicted octanol–water partition coefficient (Wildman–Crippen LogP) is 2.64. The molecule has 7 nitrogen and oxygen atoms in total. The van der Waals surface area contributed by atoms with E-state index in [1.54, 1.807) is 6.92 Å². The van der Waals surface area contributed by atoms with Gasteiger partial charge in [0.1, 0.15) is 5.69 Å². The highest BCUT2D eigenvalue weighted by atomic mass is 35.5. The normalized spacial score (nSPS) is 10.4. The van der Waals surface area contributed by atoms with E-state index in [1.165, 1.54) is 0 Å². The lowest BCUT2D eigenvalue weighted by Gasteiger charge is -2.12. The van der Waals surface area contributed by atoms with Gasteiger partial charge in [-0.2, -0.15) is 0 Å². The van der Waals surface area contributed by atoms with Gasteiger partial charge in [-0.15, -0.1) is 0 Å². The average Bonchev–Trinajstić information content (AvgIpc) is 2.39. The maximum atomic E-state index is 11.7. The van der Waals surface area contributed by atoms with Crippen LogP contribution in [0.5, 0.6) is 5.75 Å². The molecule has 1 aromatic carbocycles. The summed E-state index contributed by atoms with van der Waals surface area (Å²) in [5.74, 6) is -2.14. The van der Waals surface area contributed by atoms with Crippen molar-refractivity contribution >= 4 is 46.3 Å². The van der Waals surface area contributed by atoms with Crippen molar-refractivity contribution in [2.75, 3.05) is 5.32 Å². The van der Waals surface area contributed by atoms with E-state index in [0.717, 1.165) is 12.1 Å². The SMILES string of the molecule is CCC(=O)c1ccc([N+](=O)[O-])c(O)c1NC(=O)C(Cl)Cl. The minimum Gasteiger partial charge on any atom is -0.501 e. The zero-order valence-corrected chi connectivity index (χ0v) is 11.7. The van der Waals surface area contributed by atoms with Crippen LogP contribution in [0.1, 0.15) is 23.7 Å². The number of nitro groups is 1. The van der Waals surface area contributed by atoms with Gasteiger partial charge in [0, 0.05) is 18.1 Å². The second-order valence-electron chi connectivity index (χ2n) is 3.68. The fourth-order valence-electron chi connectivity index (χ4n) is 1.45. The highest BCUT2D eigenvalue weighted by molar-refractivity contribution is 6.54. The molecule has 0 aliphatic rings. The Kier molecular flexibility index (Phi) is 5.29. The standard InChI is InChI=1S/C11H10Cl2N2O5/c1-2-7(16)5-3-4-6(15(19)20)9(17)8(5)14-11(18)10(12)13/h3-4,10,17H,2H2,1H3,(H,14,18). The van der Waals surface area contributed by atoms with Crippen LogP contribution in [0.2, 0.25) is 0 Å². The van der Waals surface area contributed by atoms with Gasteiger partial charge in [0.25, 0.3) is 5.91 Å². The molecule has 0 heterocycles. The van der Waals surface area contributed by atoms with Crippen molar-refractivity contribution in [1.82, 2.24) is 0 Å². The number of hydrogen-bond acceptors (Lipinski definition) is 5. The number of phenols is 1. The number of halogens is 2. The Balaban J connectivity index is 3.40. The van der Waals surface area contributed by atoms with Gasteiger partial charge in [-0.3, -0.25) is 19.7 Å². The number of benzene rings is 1. The summed E-state index contributed by atoms with van der Waals surface area (Å²) >= 11 is 10.7. The predicted molar refractivity (Wildman–Crippen MR) is 73.5 cm³/mol. The van der Waals surface area contributed by atoms with Gasteiger partial charge < -0.3 is 10.4 Å². The summed E-state index contributed by atoms with van der Waals surface area (Å²) in [6.45, 7) is 1.57. The number of anilines is 1. The van der Waals surface area contributed by atoms with Crippen LogP contribution >= 0.6 is 23.2 Å². The van der Waals surface area contributed by atoms with Gasteiger partial charge >= 0.3 is 5.69 Å². The fraction of sp³-hybridized carbons (Fsp3) is 0.273. The van der Waals surface area contributed by atoms with Crippen molar-refractivity contribution in [3.8, 4) is 5.75 Å². The summed E-state index contributed by atoms with van der Waals surface area (Å²) < 4.78 is 0. The molecule has 0 fully saturated rings. The first-order valence-electron chi connectivity index (χ1n) is 5.42. The van der Waals surface area contributed by atoms with Crippen molar-refractivity contribution < 1.29 is 19.6 Å². The van der Waals surface area contributed by atoms with Gasteiger partial charge in [0.05, 0.1) is 4.92 Å². The molecule has 0 radical (unpaired) electrons. The molecule has 1 aromatic rings. The highest BCUT2D eigenvalue weighted by Crippen LogP contribution is 2.37. The van der Waals surface area contributed by atoms with Crippen molar-refractivity contribution in [2.45, 2.75) is 18.2 Å². The summed E-state index contributed by atoms with van der Waals surface area (Å²) in [6.07, 6.45) is 0.0886. The van der Waals surface area contributed by atoms with E-state index >= 15 is 0 Å². The lowest BCUT2D eigenvalue weighted by atomic mass is 10.0. The maximum Gasteiger partial charge on any atom is 0.312 e. The van der Waals surface area contributed by atoms with E-state index in [1.807, 2.05) is 0 Å².